The van der Waals surface area contributed by atoms with Crippen molar-refractivity contribution >= 4 is 11.8 Å². The van der Waals surface area contributed by atoms with Crippen molar-refractivity contribution in [2.75, 3.05) is 57.8 Å². The number of rotatable bonds is 5. The smallest absolute Gasteiger partial charge is 0.410 e. The van der Waals surface area contributed by atoms with E-state index in [-0.39, 0.29) is 18.7 Å². The first-order valence-electron chi connectivity index (χ1n) is 12.4. The summed E-state index contributed by atoms with van der Waals surface area (Å²) in [6.45, 7) is 18.5. The van der Waals surface area contributed by atoms with Gasteiger partial charge >= 0.3 is 6.09 Å². The topological polar surface area (TPSA) is 74.5 Å². The molecule has 2 atom stereocenters. The van der Waals surface area contributed by atoms with Gasteiger partial charge in [-0.1, -0.05) is 0 Å². The van der Waals surface area contributed by atoms with Gasteiger partial charge in [-0.2, -0.15) is 0 Å². The first-order chi connectivity index (χ1) is 16.2. The number of carbonyl (C=O) groups is 1. The maximum Gasteiger partial charge on any atom is 0.410 e. The summed E-state index contributed by atoms with van der Waals surface area (Å²) in [5, 5.41) is 3.42. The lowest BCUT2D eigenvalue weighted by Crippen LogP contribution is -2.57. The third-order valence-electron chi connectivity index (χ3n) is 6.86. The maximum absolute atomic E-state index is 12.8. The highest BCUT2D eigenvalue weighted by molar-refractivity contribution is 5.69. The Morgan fingerprint density at radius 1 is 1.29 bits per heavy atom. The summed E-state index contributed by atoms with van der Waals surface area (Å²) in [4.78, 5) is 27.6. The van der Waals surface area contributed by atoms with Gasteiger partial charge in [-0.3, -0.25) is 4.90 Å². The number of aromatic nitrogens is 1. The van der Waals surface area contributed by atoms with Crippen molar-refractivity contribution in [1.82, 2.24) is 20.1 Å². The number of nitrogens with one attached hydrogen (secondary N) is 1. The highest BCUT2D eigenvalue weighted by Gasteiger charge is 2.36. The molecule has 0 radical (unpaired) electrons. The number of likely N-dealkylation sites (tertiary alicyclic amines) is 1. The van der Waals surface area contributed by atoms with Crippen LogP contribution in [-0.4, -0.2) is 91.5 Å². The van der Waals surface area contributed by atoms with Crippen LogP contribution in [0.2, 0.25) is 0 Å². The number of nitrogens with zero attached hydrogens (tertiary/aromatic N) is 5. The van der Waals surface area contributed by atoms with Gasteiger partial charge in [0, 0.05) is 44.0 Å². The van der Waals surface area contributed by atoms with Gasteiger partial charge in [0.2, 0.25) is 12.4 Å². The standard InChI is InChI=1S/C25H38N6O3/c1-25(2,3)34-24(32)31-12-11-30(16-19(31)14-26-4)22-13-23(28-21-15-27-9-8-20(21)22)33-17-18-7-6-10-29(18)5/h13,18-19,27H,6-12,14-17H2,1-3,5H3/t18-,19?/m0/s1. The highest BCUT2D eigenvalue weighted by Crippen LogP contribution is 2.32. The molecule has 0 spiro atoms. The molecule has 3 aliphatic heterocycles. The molecule has 9 heteroatoms. The Morgan fingerprint density at radius 2 is 2.12 bits per heavy atom. The van der Waals surface area contributed by atoms with Crippen LogP contribution in [0.1, 0.15) is 44.9 Å². The van der Waals surface area contributed by atoms with E-state index < -0.39 is 5.60 Å². The van der Waals surface area contributed by atoms with Crippen LogP contribution in [0.4, 0.5) is 10.5 Å². The van der Waals surface area contributed by atoms with Gasteiger partial charge in [0.25, 0.3) is 0 Å². The number of ether oxygens (including phenoxy) is 2. The van der Waals surface area contributed by atoms with E-state index >= 15 is 0 Å². The molecule has 2 fully saturated rings. The van der Waals surface area contributed by atoms with Crippen LogP contribution in [0.15, 0.2) is 6.07 Å². The Bertz CT molecular complexity index is 924. The molecule has 1 amide bonds. The summed E-state index contributed by atoms with van der Waals surface area (Å²) in [7, 11) is 2.15. The Labute approximate surface area is 203 Å². The molecule has 34 heavy (non-hydrogen) atoms. The normalized spacial score (nSPS) is 23.4. The molecule has 0 aromatic carbocycles. The predicted molar refractivity (Wildman–Crippen MR) is 131 cm³/mol. The van der Waals surface area contributed by atoms with Crippen LogP contribution in [0.3, 0.4) is 0 Å². The minimum Gasteiger partial charge on any atom is -0.476 e. The second-order valence-corrected chi connectivity index (χ2v) is 10.5. The van der Waals surface area contributed by atoms with Crippen molar-refractivity contribution in [3.05, 3.63) is 28.7 Å². The second-order valence-electron chi connectivity index (χ2n) is 10.5. The van der Waals surface area contributed by atoms with Crippen molar-refractivity contribution in [3.8, 4) is 5.88 Å². The number of fused-ring (bicyclic) bond motifs is 1. The van der Waals surface area contributed by atoms with Gasteiger partial charge in [0.05, 0.1) is 5.69 Å². The lowest BCUT2D eigenvalue weighted by molar-refractivity contribution is 0.0156. The third kappa shape index (κ3) is 5.73. The zero-order valence-corrected chi connectivity index (χ0v) is 21.0. The van der Waals surface area contributed by atoms with Crippen LogP contribution >= 0.6 is 0 Å². The number of likely N-dealkylation sites (N-methyl/N-ethyl adjacent to an activating group) is 1. The van der Waals surface area contributed by atoms with Gasteiger partial charge < -0.3 is 29.4 Å². The summed E-state index contributed by atoms with van der Waals surface area (Å²) in [6.07, 6.45) is 2.93. The fourth-order valence-electron chi connectivity index (χ4n) is 5.05. The van der Waals surface area contributed by atoms with Gasteiger partial charge in [0.15, 0.2) is 0 Å². The number of amides is 1. The van der Waals surface area contributed by atoms with Crippen molar-refractivity contribution < 1.29 is 14.3 Å². The molecule has 3 aliphatic rings. The van der Waals surface area contributed by atoms with E-state index in [9.17, 15) is 4.79 Å². The molecule has 186 valence electrons. The number of carbonyl (C=O) groups excluding carboxylic acids is 1. The molecule has 4 rings (SSSR count). The molecule has 9 nitrogen and oxygen atoms in total. The van der Waals surface area contributed by atoms with E-state index in [0.29, 0.717) is 38.2 Å². The van der Waals surface area contributed by atoms with Crippen molar-refractivity contribution in [2.24, 2.45) is 0 Å². The Morgan fingerprint density at radius 3 is 2.82 bits per heavy atom. The van der Waals surface area contributed by atoms with E-state index in [2.05, 4.69) is 33.1 Å². The molecular formula is C25H38N6O3. The lowest BCUT2D eigenvalue weighted by atomic mass is 10.0. The van der Waals surface area contributed by atoms with Crippen LogP contribution in [-0.2, 0) is 17.7 Å². The van der Waals surface area contributed by atoms with Crippen LogP contribution in [0.25, 0.3) is 4.85 Å². The van der Waals surface area contributed by atoms with E-state index in [1.807, 2.05) is 20.8 Å². The summed E-state index contributed by atoms with van der Waals surface area (Å²) in [6, 6.07) is 2.28. The average Bonchev–Trinajstić information content (AvgIpc) is 3.20. The molecule has 4 heterocycles. The molecule has 0 bridgehead atoms. The molecule has 1 aromatic rings. The third-order valence-corrected chi connectivity index (χ3v) is 6.86. The Hall–Kier alpha value is -2.57. The molecule has 1 aromatic heterocycles. The molecular weight excluding hydrogens is 432 g/mol. The number of pyridine rings is 1. The Kier molecular flexibility index (Phi) is 7.48. The molecule has 0 aliphatic carbocycles. The minimum atomic E-state index is -0.562. The second kappa shape index (κ2) is 10.4. The summed E-state index contributed by atoms with van der Waals surface area (Å²) < 4.78 is 11.8. The average molecular weight is 471 g/mol. The van der Waals surface area contributed by atoms with E-state index in [4.69, 9.17) is 21.0 Å². The first-order valence-corrected chi connectivity index (χ1v) is 12.4. The van der Waals surface area contributed by atoms with Crippen LogP contribution in [0.5, 0.6) is 5.88 Å². The Balaban J connectivity index is 1.54. The highest BCUT2D eigenvalue weighted by atomic mass is 16.6. The molecule has 1 unspecified atom stereocenters. The SMILES string of the molecule is [C-]#[N+]CC1CN(c2cc(OC[C@@H]3CCCN3C)nc3c2CCNC3)CCN1C(=O)OC(C)(C)C. The number of hydrogen-bond acceptors (Lipinski definition) is 7. The zero-order valence-electron chi connectivity index (χ0n) is 21.0. The maximum atomic E-state index is 12.8. The predicted octanol–water partition coefficient (Wildman–Crippen LogP) is 2.55. The lowest BCUT2D eigenvalue weighted by Gasteiger charge is -2.41. The van der Waals surface area contributed by atoms with E-state index in [1.165, 1.54) is 12.0 Å². The van der Waals surface area contributed by atoms with Crippen molar-refractivity contribution in [1.29, 1.82) is 0 Å². The number of anilines is 1. The van der Waals surface area contributed by atoms with Gasteiger partial charge in [-0.25, -0.2) is 16.4 Å². The van der Waals surface area contributed by atoms with Gasteiger partial charge in [0.1, 0.15) is 18.2 Å². The summed E-state index contributed by atoms with van der Waals surface area (Å²) >= 11 is 0. The largest absolute Gasteiger partial charge is 0.476 e. The van der Waals surface area contributed by atoms with Crippen LogP contribution < -0.4 is 15.0 Å². The molecule has 2 saturated heterocycles. The van der Waals surface area contributed by atoms with Gasteiger partial charge in [-0.15, -0.1) is 0 Å². The number of piperazine rings is 1. The van der Waals surface area contributed by atoms with Crippen LogP contribution in [0, 0.1) is 6.57 Å². The van der Waals surface area contributed by atoms with Crippen molar-refractivity contribution in [2.45, 2.75) is 64.3 Å². The quantitative estimate of drug-likeness (QED) is 0.663. The van der Waals surface area contributed by atoms with E-state index in [0.717, 1.165) is 43.9 Å². The molecule has 0 saturated carbocycles. The first kappa shape index (κ1) is 24.6. The summed E-state index contributed by atoms with van der Waals surface area (Å²) in [5.41, 5.74) is 2.85. The monoisotopic (exact) mass is 470 g/mol. The fraction of sp³-hybridized carbons (Fsp3) is 0.720. The summed E-state index contributed by atoms with van der Waals surface area (Å²) in [5.74, 6) is 0.661. The van der Waals surface area contributed by atoms with Gasteiger partial charge in [-0.05, 0) is 65.7 Å². The van der Waals surface area contributed by atoms with Crippen molar-refractivity contribution in [3.63, 3.8) is 0 Å². The molecule has 1 N–H and O–H groups in total. The number of hydrogen-bond donors (Lipinski definition) is 1. The fourth-order valence-corrected chi connectivity index (χ4v) is 5.05. The van der Waals surface area contributed by atoms with E-state index in [1.54, 1.807) is 4.90 Å². The minimum absolute atomic E-state index is 0.219. The zero-order chi connectivity index (χ0) is 24.3.